The van der Waals surface area contributed by atoms with Gasteiger partial charge in [-0.25, -0.2) is 4.98 Å². The first kappa shape index (κ1) is 15.9. The molecule has 1 aromatic carbocycles. The summed E-state index contributed by atoms with van der Waals surface area (Å²) in [5.74, 6) is 1.46. The van der Waals surface area contributed by atoms with Crippen LogP contribution in [0.25, 0.3) is 0 Å². The average molecular weight is 325 g/mol. The van der Waals surface area contributed by atoms with E-state index in [2.05, 4.69) is 27.5 Å². The molecule has 1 heterocycles. The molecule has 0 aliphatic rings. The van der Waals surface area contributed by atoms with Crippen LogP contribution in [0.3, 0.4) is 0 Å². The lowest BCUT2D eigenvalue weighted by Gasteiger charge is -2.17. The third kappa shape index (κ3) is 4.48. The van der Waals surface area contributed by atoms with E-state index in [-0.39, 0.29) is 6.04 Å². The first-order chi connectivity index (χ1) is 10.1. The summed E-state index contributed by atoms with van der Waals surface area (Å²) in [6.07, 6.45) is 4.44. The molecule has 2 aromatic rings. The van der Waals surface area contributed by atoms with E-state index in [0.717, 1.165) is 24.3 Å². The predicted octanol–water partition coefficient (Wildman–Crippen LogP) is 4.78. The third-order valence-electron chi connectivity index (χ3n) is 2.98. The molecule has 1 atom stereocenters. The highest BCUT2D eigenvalue weighted by Gasteiger charge is 2.11. The maximum absolute atomic E-state index is 6.22. The number of hydrogen-bond donors (Lipinski definition) is 2. The zero-order chi connectivity index (χ0) is 15.2. The van der Waals surface area contributed by atoms with Crippen LogP contribution in [0, 0.1) is 0 Å². The van der Waals surface area contributed by atoms with Crippen molar-refractivity contribution in [3.8, 4) is 0 Å². The average Bonchev–Trinajstić information content (AvgIpc) is 2.45. The maximum Gasteiger partial charge on any atom is 0.147 e. The minimum Gasteiger partial charge on any atom is -0.369 e. The van der Waals surface area contributed by atoms with E-state index in [1.54, 1.807) is 18.5 Å². The lowest BCUT2D eigenvalue weighted by atomic mass is 10.1. The summed E-state index contributed by atoms with van der Waals surface area (Å²) in [6.45, 7) is 4.99. The largest absolute Gasteiger partial charge is 0.369 e. The molecule has 0 fully saturated rings. The van der Waals surface area contributed by atoms with Crippen LogP contribution in [0.15, 0.2) is 30.6 Å². The lowest BCUT2D eigenvalue weighted by molar-refractivity contribution is 0.870. The minimum absolute atomic E-state index is 0.00509. The van der Waals surface area contributed by atoms with Crippen LogP contribution in [0.4, 0.5) is 11.6 Å². The monoisotopic (exact) mass is 324 g/mol. The Labute approximate surface area is 134 Å². The molecule has 0 radical (unpaired) electrons. The van der Waals surface area contributed by atoms with E-state index >= 15 is 0 Å². The zero-order valence-corrected chi connectivity index (χ0v) is 13.5. The van der Waals surface area contributed by atoms with Gasteiger partial charge in [-0.05, 0) is 31.0 Å². The van der Waals surface area contributed by atoms with Gasteiger partial charge >= 0.3 is 0 Å². The Kier molecular flexibility index (Phi) is 5.65. The third-order valence-corrected chi connectivity index (χ3v) is 3.55. The summed E-state index contributed by atoms with van der Waals surface area (Å²) in [6, 6.07) is 5.48. The summed E-state index contributed by atoms with van der Waals surface area (Å²) in [4.78, 5) is 8.65. The molecule has 2 rings (SSSR count). The summed E-state index contributed by atoms with van der Waals surface area (Å²) in [5, 5.41) is 7.76. The maximum atomic E-state index is 6.22. The number of anilines is 2. The van der Waals surface area contributed by atoms with Crippen molar-refractivity contribution in [1.29, 1.82) is 0 Å². The lowest BCUT2D eigenvalue weighted by Crippen LogP contribution is -2.10. The molecule has 0 saturated heterocycles. The molecule has 0 amide bonds. The van der Waals surface area contributed by atoms with Gasteiger partial charge in [0.2, 0.25) is 0 Å². The fourth-order valence-corrected chi connectivity index (χ4v) is 2.50. The first-order valence-electron chi connectivity index (χ1n) is 6.87. The molecular weight excluding hydrogens is 307 g/mol. The van der Waals surface area contributed by atoms with Crippen LogP contribution in [0.1, 0.15) is 31.9 Å². The number of halogens is 2. The highest BCUT2D eigenvalue weighted by Crippen LogP contribution is 2.28. The number of hydrogen-bond acceptors (Lipinski definition) is 4. The Morgan fingerprint density at radius 1 is 1.19 bits per heavy atom. The molecule has 6 heteroatoms. The normalized spacial score (nSPS) is 12.0. The van der Waals surface area contributed by atoms with Gasteiger partial charge in [0.1, 0.15) is 11.6 Å². The van der Waals surface area contributed by atoms with Crippen molar-refractivity contribution in [3.05, 3.63) is 46.2 Å². The van der Waals surface area contributed by atoms with Crippen molar-refractivity contribution in [2.24, 2.45) is 0 Å². The molecule has 0 bridgehead atoms. The van der Waals surface area contributed by atoms with Crippen LogP contribution in [0.2, 0.25) is 10.0 Å². The van der Waals surface area contributed by atoms with Gasteiger partial charge in [0.05, 0.1) is 18.4 Å². The molecule has 0 saturated carbocycles. The summed E-state index contributed by atoms with van der Waals surface area (Å²) < 4.78 is 0. The van der Waals surface area contributed by atoms with Crippen molar-refractivity contribution < 1.29 is 0 Å². The number of rotatable bonds is 6. The van der Waals surface area contributed by atoms with Crippen LogP contribution in [-0.2, 0) is 0 Å². The van der Waals surface area contributed by atoms with Gasteiger partial charge in [-0.1, -0.05) is 36.2 Å². The van der Waals surface area contributed by atoms with E-state index in [0.29, 0.717) is 15.9 Å². The molecule has 4 nitrogen and oxygen atoms in total. The summed E-state index contributed by atoms with van der Waals surface area (Å²) >= 11 is 12.1. The summed E-state index contributed by atoms with van der Waals surface area (Å²) in [5.41, 5.74) is 0.967. The second-order valence-corrected chi connectivity index (χ2v) is 5.59. The first-order valence-corrected chi connectivity index (χ1v) is 7.63. The molecule has 0 aliphatic heterocycles. The second-order valence-electron chi connectivity index (χ2n) is 4.75. The van der Waals surface area contributed by atoms with Crippen molar-refractivity contribution in [2.75, 3.05) is 17.2 Å². The number of nitrogens with one attached hydrogen (secondary N) is 2. The van der Waals surface area contributed by atoms with E-state index in [1.165, 1.54) is 0 Å². The second kappa shape index (κ2) is 7.48. The van der Waals surface area contributed by atoms with Crippen LogP contribution in [0.5, 0.6) is 0 Å². The van der Waals surface area contributed by atoms with Crippen LogP contribution >= 0.6 is 23.2 Å². The van der Waals surface area contributed by atoms with Gasteiger partial charge in [-0.15, -0.1) is 0 Å². The number of benzene rings is 1. The molecule has 1 aromatic heterocycles. The van der Waals surface area contributed by atoms with Crippen molar-refractivity contribution in [3.63, 3.8) is 0 Å². The molecule has 112 valence electrons. The number of nitrogens with zero attached hydrogens (tertiary/aromatic N) is 2. The quantitative estimate of drug-likeness (QED) is 0.802. The van der Waals surface area contributed by atoms with Crippen molar-refractivity contribution in [1.82, 2.24) is 9.97 Å². The Morgan fingerprint density at radius 3 is 2.67 bits per heavy atom. The number of aromatic nitrogens is 2. The SMILES string of the molecule is CCCNc1cncc(NC(C)c2ccc(Cl)cc2Cl)n1. The smallest absolute Gasteiger partial charge is 0.147 e. The molecule has 0 aliphatic carbocycles. The Hall–Kier alpha value is -1.52. The topological polar surface area (TPSA) is 49.8 Å². The standard InChI is InChI=1S/C15H18Cl2N4/c1-3-6-19-14-8-18-9-15(21-14)20-10(2)12-5-4-11(16)7-13(12)17/h4-5,7-10H,3,6H2,1-2H3,(H2,19,20,21). The molecule has 1 unspecified atom stereocenters. The Bertz CT molecular complexity index is 604. The van der Waals surface area contributed by atoms with E-state index < -0.39 is 0 Å². The summed E-state index contributed by atoms with van der Waals surface area (Å²) in [7, 11) is 0. The van der Waals surface area contributed by atoms with Gasteiger partial charge in [-0.3, -0.25) is 4.98 Å². The van der Waals surface area contributed by atoms with Gasteiger partial charge in [0.25, 0.3) is 0 Å². The molecular formula is C15H18Cl2N4. The Morgan fingerprint density at radius 2 is 1.95 bits per heavy atom. The van der Waals surface area contributed by atoms with Gasteiger partial charge in [0.15, 0.2) is 0 Å². The zero-order valence-electron chi connectivity index (χ0n) is 12.0. The Balaban J connectivity index is 2.10. The van der Waals surface area contributed by atoms with Gasteiger partial charge < -0.3 is 10.6 Å². The van der Waals surface area contributed by atoms with E-state index in [4.69, 9.17) is 23.2 Å². The van der Waals surface area contributed by atoms with Crippen LogP contribution < -0.4 is 10.6 Å². The van der Waals surface area contributed by atoms with Crippen molar-refractivity contribution >= 4 is 34.8 Å². The highest BCUT2D eigenvalue weighted by atomic mass is 35.5. The van der Waals surface area contributed by atoms with Gasteiger partial charge in [0, 0.05) is 16.6 Å². The van der Waals surface area contributed by atoms with Gasteiger partial charge in [-0.2, -0.15) is 0 Å². The fourth-order valence-electron chi connectivity index (χ4n) is 1.93. The minimum atomic E-state index is 0.00509. The molecule has 21 heavy (non-hydrogen) atoms. The van der Waals surface area contributed by atoms with E-state index in [1.807, 2.05) is 19.1 Å². The van der Waals surface area contributed by atoms with E-state index in [9.17, 15) is 0 Å². The molecule has 0 spiro atoms. The molecule has 2 N–H and O–H groups in total. The van der Waals surface area contributed by atoms with Crippen molar-refractivity contribution in [2.45, 2.75) is 26.3 Å². The highest BCUT2D eigenvalue weighted by molar-refractivity contribution is 6.35. The fraction of sp³-hybridized carbons (Fsp3) is 0.333. The predicted molar refractivity (Wildman–Crippen MR) is 89.3 cm³/mol. The van der Waals surface area contributed by atoms with Crippen LogP contribution in [-0.4, -0.2) is 16.5 Å².